The van der Waals surface area contributed by atoms with Crippen LogP contribution in [0.5, 0.6) is 0 Å². The van der Waals surface area contributed by atoms with Crippen molar-refractivity contribution in [3.8, 4) is 0 Å². The van der Waals surface area contributed by atoms with Gasteiger partial charge >= 0.3 is 0 Å². The Bertz CT molecular complexity index is 310. The number of hydrogen-bond acceptors (Lipinski definition) is 4. The molecular formula is C11H20N2OS. The highest BCUT2D eigenvalue weighted by Gasteiger charge is 2.13. The first-order chi connectivity index (χ1) is 7.06. The van der Waals surface area contributed by atoms with Crippen LogP contribution in [0.3, 0.4) is 0 Å². The third-order valence-corrected chi connectivity index (χ3v) is 3.82. The van der Waals surface area contributed by atoms with E-state index in [9.17, 15) is 5.11 Å². The number of aromatic nitrogens is 1. The zero-order valence-corrected chi connectivity index (χ0v) is 10.8. The molecule has 1 heterocycles. The Morgan fingerprint density at radius 1 is 1.53 bits per heavy atom. The summed E-state index contributed by atoms with van der Waals surface area (Å²) in [5, 5.41) is 10.5. The van der Waals surface area contributed by atoms with Gasteiger partial charge in [0.1, 0.15) is 0 Å². The van der Waals surface area contributed by atoms with Crippen LogP contribution in [-0.2, 0) is 0 Å². The lowest BCUT2D eigenvalue weighted by atomic mass is 10.3. The number of aryl methyl sites for hydroxylation is 1. The topological polar surface area (TPSA) is 36.4 Å². The lowest BCUT2D eigenvalue weighted by Crippen LogP contribution is -2.17. The molecule has 0 aliphatic rings. The summed E-state index contributed by atoms with van der Waals surface area (Å²) >= 11 is 1.59. The largest absolute Gasteiger partial charge is 0.388 e. The summed E-state index contributed by atoms with van der Waals surface area (Å²) in [5.74, 6) is 0. The molecule has 0 fully saturated rings. The Hall–Kier alpha value is -0.610. The molecule has 0 saturated carbocycles. The molecule has 0 saturated heterocycles. The van der Waals surface area contributed by atoms with E-state index in [1.807, 2.05) is 6.92 Å². The van der Waals surface area contributed by atoms with E-state index in [1.165, 1.54) is 12.8 Å². The Kier molecular flexibility index (Phi) is 4.54. The van der Waals surface area contributed by atoms with E-state index in [-0.39, 0.29) is 0 Å². The molecular weight excluding hydrogens is 208 g/mol. The minimum absolute atomic E-state index is 0.407. The molecule has 1 unspecified atom stereocenters. The molecule has 0 aromatic carbocycles. The minimum atomic E-state index is -0.407. The van der Waals surface area contributed by atoms with Crippen LogP contribution in [0, 0.1) is 6.92 Å². The standard InChI is InChI=1S/C11H20N2OS/c1-5-6-7-13(4)11-12-8(2)10(15-11)9(3)14/h9,14H,5-7H2,1-4H3. The maximum atomic E-state index is 9.53. The van der Waals surface area contributed by atoms with Gasteiger partial charge in [-0.05, 0) is 20.3 Å². The molecule has 0 amide bonds. The first-order valence-electron chi connectivity index (χ1n) is 5.42. The number of thiazole rings is 1. The van der Waals surface area contributed by atoms with Crippen LogP contribution in [0.4, 0.5) is 5.13 Å². The number of unbranched alkanes of at least 4 members (excludes halogenated alkanes) is 1. The van der Waals surface area contributed by atoms with E-state index < -0.39 is 6.10 Å². The van der Waals surface area contributed by atoms with Crippen molar-refractivity contribution >= 4 is 16.5 Å². The SMILES string of the molecule is CCCCN(C)c1nc(C)c(C(C)O)s1. The van der Waals surface area contributed by atoms with Crippen LogP contribution in [0.25, 0.3) is 0 Å². The Balaban J connectivity index is 2.73. The van der Waals surface area contributed by atoms with Gasteiger partial charge in [0.2, 0.25) is 0 Å². The van der Waals surface area contributed by atoms with Gasteiger partial charge in [0.05, 0.1) is 16.7 Å². The fraction of sp³-hybridized carbons (Fsp3) is 0.727. The zero-order valence-electron chi connectivity index (χ0n) is 9.95. The molecule has 0 radical (unpaired) electrons. The highest BCUT2D eigenvalue weighted by Crippen LogP contribution is 2.29. The lowest BCUT2D eigenvalue weighted by Gasteiger charge is -2.14. The number of nitrogens with zero attached hydrogens (tertiary/aromatic N) is 2. The average molecular weight is 228 g/mol. The quantitative estimate of drug-likeness (QED) is 0.842. The second kappa shape index (κ2) is 5.47. The molecule has 1 aromatic rings. The fourth-order valence-corrected chi connectivity index (χ4v) is 2.43. The van der Waals surface area contributed by atoms with Crippen molar-refractivity contribution < 1.29 is 5.11 Å². The van der Waals surface area contributed by atoms with E-state index >= 15 is 0 Å². The van der Waals surface area contributed by atoms with Crippen molar-refractivity contribution in [1.82, 2.24) is 4.98 Å². The first-order valence-corrected chi connectivity index (χ1v) is 6.24. The van der Waals surface area contributed by atoms with Gasteiger partial charge in [-0.2, -0.15) is 0 Å². The van der Waals surface area contributed by atoms with Crippen LogP contribution in [0.15, 0.2) is 0 Å². The summed E-state index contributed by atoms with van der Waals surface area (Å²) in [5.41, 5.74) is 0.952. The Morgan fingerprint density at radius 3 is 2.67 bits per heavy atom. The van der Waals surface area contributed by atoms with Crippen LogP contribution in [0.2, 0.25) is 0 Å². The summed E-state index contributed by atoms with van der Waals surface area (Å²) < 4.78 is 0. The highest BCUT2D eigenvalue weighted by molar-refractivity contribution is 7.15. The Labute approximate surface area is 95.8 Å². The summed E-state index contributed by atoms with van der Waals surface area (Å²) in [4.78, 5) is 7.61. The predicted molar refractivity (Wildman–Crippen MR) is 65.7 cm³/mol. The van der Waals surface area contributed by atoms with Gasteiger partial charge in [0, 0.05) is 13.6 Å². The molecule has 1 aromatic heterocycles. The Morgan fingerprint density at radius 2 is 2.20 bits per heavy atom. The molecule has 0 bridgehead atoms. The van der Waals surface area contributed by atoms with Crippen LogP contribution in [-0.4, -0.2) is 23.7 Å². The van der Waals surface area contributed by atoms with Gasteiger partial charge in [-0.15, -0.1) is 0 Å². The maximum Gasteiger partial charge on any atom is 0.185 e. The molecule has 0 aliphatic heterocycles. The average Bonchev–Trinajstić information content (AvgIpc) is 2.56. The van der Waals surface area contributed by atoms with Crippen LogP contribution >= 0.6 is 11.3 Å². The predicted octanol–water partition coefficient (Wildman–Crippen LogP) is 2.74. The minimum Gasteiger partial charge on any atom is -0.388 e. The summed E-state index contributed by atoms with van der Waals surface area (Å²) in [6.45, 7) is 6.96. The molecule has 1 atom stereocenters. The van der Waals surface area contributed by atoms with Gasteiger partial charge < -0.3 is 10.0 Å². The van der Waals surface area contributed by atoms with Gasteiger partial charge in [0.15, 0.2) is 5.13 Å². The van der Waals surface area contributed by atoms with Crippen LogP contribution < -0.4 is 4.90 Å². The molecule has 0 aliphatic carbocycles. The lowest BCUT2D eigenvalue weighted by molar-refractivity contribution is 0.202. The highest BCUT2D eigenvalue weighted by atomic mass is 32.1. The number of hydrogen-bond donors (Lipinski definition) is 1. The van der Waals surface area contributed by atoms with Crippen molar-refractivity contribution in [2.45, 2.75) is 39.7 Å². The molecule has 86 valence electrons. The van der Waals surface area contributed by atoms with Crippen LogP contribution in [0.1, 0.15) is 43.4 Å². The maximum absolute atomic E-state index is 9.53. The van der Waals surface area contributed by atoms with Gasteiger partial charge in [-0.1, -0.05) is 24.7 Å². The van der Waals surface area contributed by atoms with Gasteiger partial charge in [0.25, 0.3) is 0 Å². The van der Waals surface area contributed by atoms with E-state index in [0.717, 1.165) is 22.2 Å². The molecule has 0 spiro atoms. The number of anilines is 1. The van der Waals surface area contributed by atoms with E-state index in [4.69, 9.17) is 0 Å². The van der Waals surface area contributed by atoms with Crippen molar-refractivity contribution in [2.75, 3.05) is 18.5 Å². The summed E-state index contributed by atoms with van der Waals surface area (Å²) in [7, 11) is 2.06. The second-order valence-corrected chi connectivity index (χ2v) is 4.91. The normalized spacial score (nSPS) is 12.9. The fourth-order valence-electron chi connectivity index (χ4n) is 1.44. The second-order valence-electron chi connectivity index (χ2n) is 3.90. The van der Waals surface area contributed by atoms with Crippen molar-refractivity contribution in [2.24, 2.45) is 0 Å². The smallest absolute Gasteiger partial charge is 0.185 e. The van der Waals surface area contributed by atoms with Crippen molar-refractivity contribution in [1.29, 1.82) is 0 Å². The third kappa shape index (κ3) is 3.18. The van der Waals surface area contributed by atoms with E-state index in [1.54, 1.807) is 18.3 Å². The van der Waals surface area contributed by atoms with Gasteiger partial charge in [-0.3, -0.25) is 0 Å². The first kappa shape index (κ1) is 12.5. The van der Waals surface area contributed by atoms with Gasteiger partial charge in [-0.25, -0.2) is 4.98 Å². The number of aliphatic hydroxyl groups excluding tert-OH is 1. The molecule has 4 heteroatoms. The molecule has 3 nitrogen and oxygen atoms in total. The van der Waals surface area contributed by atoms with E-state index in [0.29, 0.717) is 0 Å². The number of rotatable bonds is 5. The molecule has 1 N–H and O–H groups in total. The van der Waals surface area contributed by atoms with Crippen molar-refractivity contribution in [3.05, 3.63) is 10.6 Å². The van der Waals surface area contributed by atoms with E-state index in [2.05, 4.69) is 23.9 Å². The zero-order chi connectivity index (χ0) is 11.4. The summed E-state index contributed by atoms with van der Waals surface area (Å²) in [6, 6.07) is 0. The monoisotopic (exact) mass is 228 g/mol. The summed E-state index contributed by atoms with van der Waals surface area (Å²) in [6.07, 6.45) is 1.97. The molecule has 15 heavy (non-hydrogen) atoms. The van der Waals surface area contributed by atoms with Crippen molar-refractivity contribution in [3.63, 3.8) is 0 Å². The molecule has 1 rings (SSSR count). The number of aliphatic hydroxyl groups is 1. The third-order valence-electron chi connectivity index (χ3n) is 2.37.